The van der Waals surface area contributed by atoms with Crippen LogP contribution in [0.2, 0.25) is 0 Å². The maximum atomic E-state index is 6.73. The molecule has 2 heterocycles. The highest BCUT2D eigenvalue weighted by molar-refractivity contribution is 6.20. The van der Waals surface area contributed by atoms with Crippen molar-refractivity contribution in [3.8, 4) is 22.6 Å². The molecule has 0 aliphatic carbocycles. The molecule has 4 nitrogen and oxygen atoms in total. The predicted molar refractivity (Wildman–Crippen MR) is 237 cm³/mol. The average molecular weight is 729 g/mol. The van der Waals surface area contributed by atoms with Crippen LogP contribution in [0.3, 0.4) is 0 Å². The molecular formula is C53H32N2O2. The van der Waals surface area contributed by atoms with Crippen molar-refractivity contribution in [1.29, 1.82) is 0 Å². The van der Waals surface area contributed by atoms with Crippen molar-refractivity contribution in [2.75, 3.05) is 4.90 Å². The van der Waals surface area contributed by atoms with E-state index < -0.39 is 0 Å². The van der Waals surface area contributed by atoms with Gasteiger partial charge >= 0.3 is 0 Å². The van der Waals surface area contributed by atoms with Gasteiger partial charge in [-0.3, -0.25) is 0 Å². The summed E-state index contributed by atoms with van der Waals surface area (Å²) in [6, 6.07) is 68.7. The van der Waals surface area contributed by atoms with Gasteiger partial charge in [-0.2, -0.15) is 0 Å². The lowest BCUT2D eigenvalue weighted by Crippen LogP contribution is -2.11. The maximum Gasteiger partial charge on any atom is 0.228 e. The van der Waals surface area contributed by atoms with Gasteiger partial charge in [0.1, 0.15) is 16.7 Å². The molecule has 0 unspecified atom stereocenters. The fourth-order valence-corrected chi connectivity index (χ4v) is 8.88. The van der Waals surface area contributed by atoms with Gasteiger partial charge in [0.25, 0.3) is 0 Å². The average Bonchev–Trinajstić information content (AvgIpc) is 3.89. The third-order valence-corrected chi connectivity index (χ3v) is 11.5. The number of rotatable bonds is 5. The van der Waals surface area contributed by atoms with E-state index in [0.29, 0.717) is 5.89 Å². The molecule has 0 saturated carbocycles. The van der Waals surface area contributed by atoms with Gasteiger partial charge in [-0.05, 0) is 80.3 Å². The first kappa shape index (κ1) is 31.6. The Bertz CT molecular complexity index is 3540. The summed E-state index contributed by atoms with van der Waals surface area (Å²) < 4.78 is 13.3. The smallest absolute Gasteiger partial charge is 0.228 e. The van der Waals surface area contributed by atoms with Gasteiger partial charge in [0.05, 0.1) is 11.4 Å². The Hall–Kier alpha value is -7.69. The third-order valence-electron chi connectivity index (χ3n) is 11.5. The van der Waals surface area contributed by atoms with E-state index in [9.17, 15) is 0 Å². The number of furan rings is 1. The molecule has 0 aliphatic heterocycles. The van der Waals surface area contributed by atoms with Crippen molar-refractivity contribution in [1.82, 2.24) is 4.98 Å². The summed E-state index contributed by atoms with van der Waals surface area (Å²) in [6.07, 6.45) is 0. The summed E-state index contributed by atoms with van der Waals surface area (Å²) in [5.41, 5.74) is 9.53. The fraction of sp³-hybridized carbons (Fsp3) is 0. The molecule has 0 bridgehead atoms. The highest BCUT2D eigenvalue weighted by Crippen LogP contribution is 2.47. The zero-order chi connectivity index (χ0) is 37.5. The molecule has 0 radical (unpaired) electrons. The van der Waals surface area contributed by atoms with Crippen LogP contribution in [-0.2, 0) is 0 Å². The van der Waals surface area contributed by atoms with Crippen LogP contribution < -0.4 is 4.90 Å². The SMILES string of the molecule is c1ccc(-c2ccccc2N(c2ccc3c(c2)oc2cccc(-c4nc5ccc6ccccc6c5o4)c23)c2cccc3c2ccc2c4ccccc4ccc32)cc1. The lowest BCUT2D eigenvalue weighted by Gasteiger charge is -2.29. The van der Waals surface area contributed by atoms with Crippen LogP contribution in [0.5, 0.6) is 0 Å². The molecule has 4 heteroatoms. The van der Waals surface area contributed by atoms with E-state index >= 15 is 0 Å². The van der Waals surface area contributed by atoms with Crippen molar-refractivity contribution in [3.63, 3.8) is 0 Å². The molecule has 0 aliphatic rings. The quantitative estimate of drug-likeness (QED) is 0.166. The van der Waals surface area contributed by atoms with Crippen LogP contribution in [0.25, 0.3) is 98.7 Å². The zero-order valence-corrected chi connectivity index (χ0v) is 30.7. The number of benzene rings is 10. The van der Waals surface area contributed by atoms with Crippen LogP contribution in [0.1, 0.15) is 0 Å². The number of aromatic nitrogens is 1. The topological polar surface area (TPSA) is 42.4 Å². The van der Waals surface area contributed by atoms with Crippen molar-refractivity contribution in [2.45, 2.75) is 0 Å². The van der Waals surface area contributed by atoms with Crippen molar-refractivity contribution < 1.29 is 8.83 Å². The first-order valence-electron chi connectivity index (χ1n) is 19.3. The Kier molecular flexibility index (Phi) is 6.89. The highest BCUT2D eigenvalue weighted by atomic mass is 16.3. The second-order valence-electron chi connectivity index (χ2n) is 14.7. The zero-order valence-electron chi connectivity index (χ0n) is 30.7. The van der Waals surface area contributed by atoms with E-state index in [0.717, 1.165) is 77.6 Å². The Labute approximate surface area is 327 Å². The van der Waals surface area contributed by atoms with Gasteiger partial charge in [-0.25, -0.2) is 4.98 Å². The summed E-state index contributed by atoms with van der Waals surface area (Å²) in [4.78, 5) is 7.37. The van der Waals surface area contributed by atoms with Gasteiger partial charge in [0.15, 0.2) is 5.58 Å². The Morgan fingerprint density at radius 3 is 1.93 bits per heavy atom. The number of hydrogen-bond acceptors (Lipinski definition) is 4. The van der Waals surface area contributed by atoms with Crippen LogP contribution >= 0.6 is 0 Å². The molecule has 0 fully saturated rings. The Morgan fingerprint density at radius 2 is 1.02 bits per heavy atom. The third kappa shape index (κ3) is 4.91. The molecule has 2 aromatic heterocycles. The predicted octanol–water partition coefficient (Wildman–Crippen LogP) is 15.1. The molecule has 10 aromatic carbocycles. The lowest BCUT2D eigenvalue weighted by molar-refractivity contribution is 0.623. The van der Waals surface area contributed by atoms with E-state index in [2.05, 4.69) is 169 Å². The van der Waals surface area contributed by atoms with E-state index in [4.69, 9.17) is 13.8 Å². The second-order valence-corrected chi connectivity index (χ2v) is 14.7. The molecular weight excluding hydrogens is 697 g/mol. The largest absolute Gasteiger partial charge is 0.456 e. The Balaban J connectivity index is 1.08. The van der Waals surface area contributed by atoms with Gasteiger partial charge in [0.2, 0.25) is 5.89 Å². The minimum Gasteiger partial charge on any atom is -0.456 e. The summed E-state index contributed by atoms with van der Waals surface area (Å²) in [7, 11) is 0. The number of para-hydroxylation sites is 1. The number of anilines is 3. The molecule has 266 valence electrons. The number of oxazole rings is 1. The first-order valence-corrected chi connectivity index (χ1v) is 19.3. The van der Waals surface area contributed by atoms with Crippen molar-refractivity contribution in [3.05, 3.63) is 194 Å². The van der Waals surface area contributed by atoms with Crippen LogP contribution in [-0.4, -0.2) is 4.98 Å². The van der Waals surface area contributed by atoms with E-state index in [-0.39, 0.29) is 0 Å². The van der Waals surface area contributed by atoms with E-state index in [1.54, 1.807) is 0 Å². The summed E-state index contributed by atoms with van der Waals surface area (Å²) in [6.45, 7) is 0. The number of fused-ring (bicyclic) bond motifs is 11. The van der Waals surface area contributed by atoms with Gasteiger partial charge in [-0.15, -0.1) is 0 Å². The van der Waals surface area contributed by atoms with E-state index in [1.165, 1.54) is 32.3 Å². The van der Waals surface area contributed by atoms with Gasteiger partial charge in [0, 0.05) is 44.4 Å². The molecule has 0 spiro atoms. The van der Waals surface area contributed by atoms with Crippen LogP contribution in [0.4, 0.5) is 17.1 Å². The minimum atomic E-state index is 0.577. The first-order chi connectivity index (χ1) is 28.3. The molecule has 0 N–H and O–H groups in total. The summed E-state index contributed by atoms with van der Waals surface area (Å²) >= 11 is 0. The monoisotopic (exact) mass is 728 g/mol. The Morgan fingerprint density at radius 1 is 0.386 bits per heavy atom. The summed E-state index contributed by atoms with van der Waals surface area (Å²) in [5, 5.41) is 11.5. The molecule has 0 atom stereocenters. The molecule has 57 heavy (non-hydrogen) atoms. The minimum absolute atomic E-state index is 0.577. The number of nitrogens with zero attached hydrogens (tertiary/aromatic N) is 2. The van der Waals surface area contributed by atoms with Crippen LogP contribution in [0.15, 0.2) is 203 Å². The van der Waals surface area contributed by atoms with E-state index in [1.807, 2.05) is 30.3 Å². The lowest BCUT2D eigenvalue weighted by atomic mass is 9.95. The second kappa shape index (κ2) is 12.4. The summed E-state index contributed by atoms with van der Waals surface area (Å²) in [5.74, 6) is 0.577. The van der Waals surface area contributed by atoms with Crippen molar-refractivity contribution >= 4 is 93.2 Å². The van der Waals surface area contributed by atoms with Crippen LogP contribution in [0, 0.1) is 0 Å². The maximum absolute atomic E-state index is 6.73. The molecule has 12 aromatic rings. The normalized spacial score (nSPS) is 11.9. The van der Waals surface area contributed by atoms with Gasteiger partial charge < -0.3 is 13.7 Å². The molecule has 12 rings (SSSR count). The van der Waals surface area contributed by atoms with Gasteiger partial charge in [-0.1, -0.05) is 146 Å². The fourth-order valence-electron chi connectivity index (χ4n) is 8.88. The highest BCUT2D eigenvalue weighted by Gasteiger charge is 2.23. The molecule has 0 saturated heterocycles. The van der Waals surface area contributed by atoms with Crippen molar-refractivity contribution in [2.24, 2.45) is 0 Å². The molecule has 0 amide bonds. The number of hydrogen-bond donors (Lipinski definition) is 0. The standard InChI is InChI=1S/C53H32N2O2/c1-2-12-33(13-3-1)38-17-8-9-21-47(38)55(48-22-10-19-40-42-27-24-34-14-4-6-16-37(34)41(42)29-30-43(40)48)36-26-28-44-50(32-36)56-49-23-11-20-45(51(44)49)53-54-46-31-25-35-15-5-7-18-39(35)52(46)57-53/h1-32H.